The van der Waals surface area contributed by atoms with Crippen LogP contribution in [-0.4, -0.2) is 40.3 Å². The lowest BCUT2D eigenvalue weighted by molar-refractivity contribution is -0.122. The van der Waals surface area contributed by atoms with E-state index in [1.807, 2.05) is 63.2 Å². The highest BCUT2D eigenvalue weighted by atomic mass is 32.2. The van der Waals surface area contributed by atoms with Gasteiger partial charge < -0.3 is 10.1 Å². The smallest absolute Gasteiger partial charge is 0.243 e. The van der Waals surface area contributed by atoms with Crippen LogP contribution in [0.25, 0.3) is 0 Å². The van der Waals surface area contributed by atoms with Crippen molar-refractivity contribution in [2.24, 2.45) is 0 Å². The number of rotatable bonds is 10. The number of aryl methyl sites for hydroxylation is 3. The van der Waals surface area contributed by atoms with Crippen molar-refractivity contribution in [3.8, 4) is 5.75 Å². The number of methoxy groups -OCH3 is 1. The molecule has 0 spiro atoms. The van der Waals surface area contributed by atoms with Gasteiger partial charge in [-0.2, -0.15) is 0 Å². The van der Waals surface area contributed by atoms with Crippen molar-refractivity contribution in [3.05, 3.63) is 59.2 Å². The van der Waals surface area contributed by atoms with Gasteiger partial charge in [-0.3, -0.25) is 9.10 Å². The van der Waals surface area contributed by atoms with Crippen molar-refractivity contribution in [2.45, 2.75) is 46.1 Å². The summed E-state index contributed by atoms with van der Waals surface area (Å²) in [6.45, 7) is 6.06. The number of sulfonamides is 1. The Hall–Kier alpha value is -2.54. The van der Waals surface area contributed by atoms with Gasteiger partial charge in [0.15, 0.2) is 0 Å². The highest BCUT2D eigenvalue weighted by Crippen LogP contribution is 2.27. The Morgan fingerprint density at radius 1 is 1.13 bits per heavy atom. The van der Waals surface area contributed by atoms with E-state index >= 15 is 0 Å². The molecule has 7 heteroatoms. The predicted octanol–water partition coefficient (Wildman–Crippen LogP) is 3.61. The molecule has 1 atom stereocenters. The molecule has 0 fully saturated rings. The molecular formula is C23H32N2O4S. The normalized spacial score (nSPS) is 12.3. The third-order valence-corrected chi connectivity index (χ3v) is 6.20. The lowest BCUT2D eigenvalue weighted by atomic mass is 10.1. The number of anilines is 1. The molecule has 2 rings (SSSR count). The summed E-state index contributed by atoms with van der Waals surface area (Å²) < 4.78 is 31.6. The van der Waals surface area contributed by atoms with Gasteiger partial charge in [-0.1, -0.05) is 31.2 Å². The fraction of sp³-hybridized carbons (Fsp3) is 0.435. The quantitative estimate of drug-likeness (QED) is 0.582. The Morgan fingerprint density at radius 2 is 1.80 bits per heavy atom. The zero-order chi connectivity index (χ0) is 22.3. The summed E-state index contributed by atoms with van der Waals surface area (Å²) in [6, 6.07) is 12.7. The van der Waals surface area contributed by atoms with Gasteiger partial charge in [0, 0.05) is 6.54 Å². The predicted molar refractivity (Wildman–Crippen MR) is 122 cm³/mol. The second-order valence-corrected chi connectivity index (χ2v) is 9.37. The second-order valence-electron chi connectivity index (χ2n) is 7.52. The molecule has 0 saturated carbocycles. The third kappa shape index (κ3) is 6.23. The van der Waals surface area contributed by atoms with Crippen molar-refractivity contribution in [2.75, 3.05) is 24.2 Å². The highest BCUT2D eigenvalue weighted by molar-refractivity contribution is 7.92. The van der Waals surface area contributed by atoms with Gasteiger partial charge >= 0.3 is 0 Å². The van der Waals surface area contributed by atoms with E-state index < -0.39 is 16.1 Å². The first-order valence-electron chi connectivity index (χ1n) is 10.1. The molecule has 0 aliphatic rings. The van der Waals surface area contributed by atoms with Gasteiger partial charge in [0.25, 0.3) is 0 Å². The Bertz CT molecular complexity index is 956. The Balaban J connectivity index is 2.07. The number of nitrogens with zero attached hydrogens (tertiary/aromatic N) is 1. The maximum Gasteiger partial charge on any atom is 0.243 e. The van der Waals surface area contributed by atoms with Gasteiger partial charge in [-0.05, 0) is 68.0 Å². The summed E-state index contributed by atoms with van der Waals surface area (Å²) >= 11 is 0. The lowest BCUT2D eigenvalue weighted by Gasteiger charge is -2.31. The first-order valence-corrected chi connectivity index (χ1v) is 12.0. The number of amides is 1. The van der Waals surface area contributed by atoms with Crippen molar-refractivity contribution in [1.29, 1.82) is 0 Å². The van der Waals surface area contributed by atoms with Gasteiger partial charge in [-0.15, -0.1) is 0 Å². The maximum absolute atomic E-state index is 12.9. The summed E-state index contributed by atoms with van der Waals surface area (Å²) in [7, 11) is -2.00. The zero-order valence-electron chi connectivity index (χ0n) is 18.4. The molecule has 6 nitrogen and oxygen atoms in total. The molecule has 2 aromatic carbocycles. The fourth-order valence-corrected chi connectivity index (χ4v) is 4.67. The standard InChI is InChI=1S/C23H32N2O4S/c1-6-21(25(30(5,27)28)22-16-17(2)9-10-18(22)3)23(26)24-15-7-8-19-11-13-20(29-4)14-12-19/h9-14,16,21H,6-8,15H2,1-5H3,(H,24,26)/t21-/m1/s1. The van der Waals surface area contributed by atoms with E-state index in [1.165, 1.54) is 4.31 Å². The number of nitrogens with one attached hydrogen (secondary N) is 1. The molecule has 0 aliphatic carbocycles. The second kappa shape index (κ2) is 10.5. The number of benzene rings is 2. The molecule has 1 amide bonds. The summed E-state index contributed by atoms with van der Waals surface area (Å²) in [6.07, 6.45) is 3.10. The van der Waals surface area contributed by atoms with E-state index in [0.29, 0.717) is 18.7 Å². The number of hydrogen-bond donors (Lipinski definition) is 1. The molecule has 30 heavy (non-hydrogen) atoms. The van der Waals surface area contributed by atoms with E-state index in [4.69, 9.17) is 4.74 Å². The van der Waals surface area contributed by atoms with Crippen molar-refractivity contribution >= 4 is 21.6 Å². The van der Waals surface area contributed by atoms with E-state index in [2.05, 4.69) is 5.32 Å². The summed E-state index contributed by atoms with van der Waals surface area (Å²) in [5.74, 6) is 0.531. The number of ether oxygens (including phenoxy) is 1. The number of carbonyl (C=O) groups excluding carboxylic acids is 1. The molecule has 164 valence electrons. The van der Waals surface area contributed by atoms with Crippen molar-refractivity contribution in [3.63, 3.8) is 0 Å². The van der Waals surface area contributed by atoms with Crippen LogP contribution in [-0.2, 0) is 21.2 Å². The average molecular weight is 433 g/mol. The van der Waals surface area contributed by atoms with Crippen LogP contribution in [0.5, 0.6) is 5.75 Å². The summed E-state index contributed by atoms with van der Waals surface area (Å²) in [5.41, 5.74) is 3.47. The number of carbonyl (C=O) groups is 1. The van der Waals surface area contributed by atoms with E-state index in [9.17, 15) is 13.2 Å². The SMILES string of the molecule is CC[C@H](C(=O)NCCCc1ccc(OC)cc1)N(c1cc(C)ccc1C)S(C)(=O)=O. The molecule has 0 unspecified atom stereocenters. The van der Waals surface area contributed by atoms with Crippen LogP contribution < -0.4 is 14.4 Å². The van der Waals surface area contributed by atoms with Gasteiger partial charge in [0.1, 0.15) is 11.8 Å². The van der Waals surface area contributed by atoms with E-state index in [0.717, 1.165) is 41.5 Å². The van der Waals surface area contributed by atoms with Crippen LogP contribution in [0.4, 0.5) is 5.69 Å². The number of hydrogen-bond acceptors (Lipinski definition) is 4. The maximum atomic E-state index is 12.9. The van der Waals surface area contributed by atoms with Crippen LogP contribution in [0.1, 0.15) is 36.5 Å². The molecule has 0 aromatic heterocycles. The molecule has 1 N–H and O–H groups in total. The molecule has 0 radical (unpaired) electrons. The summed E-state index contributed by atoms with van der Waals surface area (Å²) in [5, 5.41) is 2.91. The molecular weight excluding hydrogens is 400 g/mol. The van der Waals surface area contributed by atoms with Crippen LogP contribution in [0.15, 0.2) is 42.5 Å². The molecule has 0 saturated heterocycles. The fourth-order valence-electron chi connectivity index (χ4n) is 3.41. The van der Waals surface area contributed by atoms with Crippen LogP contribution in [0.3, 0.4) is 0 Å². The minimum absolute atomic E-state index is 0.279. The van der Waals surface area contributed by atoms with Crippen molar-refractivity contribution < 1.29 is 17.9 Å². The van der Waals surface area contributed by atoms with Crippen LogP contribution >= 0.6 is 0 Å². The Labute approximate surface area is 180 Å². The summed E-state index contributed by atoms with van der Waals surface area (Å²) in [4.78, 5) is 12.9. The first kappa shape index (κ1) is 23.7. The minimum Gasteiger partial charge on any atom is -0.497 e. The Morgan fingerprint density at radius 3 is 2.37 bits per heavy atom. The largest absolute Gasteiger partial charge is 0.497 e. The van der Waals surface area contributed by atoms with Crippen LogP contribution in [0.2, 0.25) is 0 Å². The van der Waals surface area contributed by atoms with Gasteiger partial charge in [0.2, 0.25) is 15.9 Å². The highest BCUT2D eigenvalue weighted by Gasteiger charge is 2.32. The lowest BCUT2D eigenvalue weighted by Crippen LogP contribution is -2.49. The molecule has 0 aliphatic heterocycles. The monoisotopic (exact) mass is 432 g/mol. The van der Waals surface area contributed by atoms with Gasteiger partial charge in [-0.25, -0.2) is 8.42 Å². The first-order chi connectivity index (χ1) is 14.2. The van der Waals surface area contributed by atoms with Crippen LogP contribution in [0, 0.1) is 13.8 Å². The average Bonchev–Trinajstić information content (AvgIpc) is 2.70. The van der Waals surface area contributed by atoms with Gasteiger partial charge in [0.05, 0.1) is 19.1 Å². The van der Waals surface area contributed by atoms with E-state index in [1.54, 1.807) is 7.11 Å². The third-order valence-electron chi connectivity index (χ3n) is 5.03. The zero-order valence-corrected chi connectivity index (χ0v) is 19.3. The van der Waals surface area contributed by atoms with Crippen molar-refractivity contribution in [1.82, 2.24) is 5.32 Å². The topological polar surface area (TPSA) is 75.7 Å². The minimum atomic E-state index is -3.63. The molecule has 0 bridgehead atoms. The molecule has 2 aromatic rings. The Kier molecular flexibility index (Phi) is 8.29. The molecule has 0 heterocycles. The van der Waals surface area contributed by atoms with E-state index in [-0.39, 0.29) is 5.91 Å².